The average molecular weight is 292 g/mol. The van der Waals surface area contributed by atoms with Crippen LogP contribution in [0.2, 0.25) is 0 Å². The van der Waals surface area contributed by atoms with Crippen LogP contribution in [0, 0.1) is 18.8 Å². The van der Waals surface area contributed by atoms with Crippen LogP contribution in [-0.4, -0.2) is 32.7 Å². The van der Waals surface area contributed by atoms with E-state index in [-0.39, 0.29) is 12.3 Å². The van der Waals surface area contributed by atoms with Crippen LogP contribution in [-0.2, 0) is 4.79 Å². The largest absolute Gasteiger partial charge is 0.481 e. The quantitative estimate of drug-likeness (QED) is 0.808. The van der Waals surface area contributed by atoms with Crippen LogP contribution >= 0.6 is 0 Å². The molecule has 0 aliphatic heterocycles. The zero-order valence-corrected chi connectivity index (χ0v) is 12.5. The highest BCUT2D eigenvalue weighted by Gasteiger charge is 2.17. The molecule has 0 aliphatic rings. The van der Waals surface area contributed by atoms with Gasteiger partial charge in [0.05, 0.1) is 5.69 Å². The third kappa shape index (κ3) is 3.90. The Balaban J connectivity index is 2.11. The molecular weight excluding hydrogens is 272 g/mol. The molecule has 2 N–H and O–H groups in total. The summed E-state index contributed by atoms with van der Waals surface area (Å²) in [5.74, 6) is 0.348. The lowest BCUT2D eigenvalue weighted by Gasteiger charge is -2.18. The van der Waals surface area contributed by atoms with Gasteiger partial charge in [-0.15, -0.1) is 0 Å². The zero-order chi connectivity index (χ0) is 15.4. The van der Waals surface area contributed by atoms with Crippen LogP contribution in [0.4, 0.5) is 5.82 Å². The minimum atomic E-state index is -0.781. The summed E-state index contributed by atoms with van der Waals surface area (Å²) in [7, 11) is 0. The van der Waals surface area contributed by atoms with Gasteiger partial charge < -0.3 is 14.9 Å². The van der Waals surface area contributed by atoms with Crippen molar-refractivity contribution in [3.63, 3.8) is 0 Å². The predicted octanol–water partition coefficient (Wildman–Crippen LogP) is 2.48. The number of fused-ring (bicyclic) bond motifs is 1. The van der Waals surface area contributed by atoms with Crippen molar-refractivity contribution >= 4 is 22.9 Å². The summed E-state index contributed by atoms with van der Waals surface area (Å²) in [4.78, 5) is 19.2. The molecular formula is C14H20N4O3. The summed E-state index contributed by atoms with van der Waals surface area (Å²) in [6.45, 7) is 6.54. The third-order valence-corrected chi connectivity index (χ3v) is 3.27. The first-order chi connectivity index (χ1) is 9.97. The fourth-order valence-electron chi connectivity index (χ4n) is 2.45. The molecule has 2 aromatic rings. The Bertz CT molecular complexity index is 624. The number of hydrogen-bond donors (Lipinski definition) is 2. The Kier molecular flexibility index (Phi) is 4.72. The van der Waals surface area contributed by atoms with Gasteiger partial charge >= 0.3 is 5.97 Å². The third-order valence-electron chi connectivity index (χ3n) is 3.27. The molecule has 0 amide bonds. The molecule has 2 rings (SSSR count). The van der Waals surface area contributed by atoms with Crippen molar-refractivity contribution in [1.82, 2.24) is 15.1 Å². The van der Waals surface area contributed by atoms with Crippen molar-refractivity contribution in [3.05, 3.63) is 12.0 Å². The molecule has 114 valence electrons. The molecule has 1 unspecified atom stereocenters. The molecule has 2 heterocycles. The van der Waals surface area contributed by atoms with E-state index in [0.29, 0.717) is 29.7 Å². The SMILES string of the molecule is Cc1noc2ncnc(NCC(CC(=O)O)CC(C)C)c12. The van der Waals surface area contributed by atoms with E-state index in [2.05, 4.69) is 34.3 Å². The highest BCUT2D eigenvalue weighted by atomic mass is 16.5. The molecule has 0 aliphatic carbocycles. The minimum absolute atomic E-state index is 0.0488. The molecule has 0 spiro atoms. The van der Waals surface area contributed by atoms with Gasteiger partial charge in [-0.2, -0.15) is 4.98 Å². The highest BCUT2D eigenvalue weighted by molar-refractivity contribution is 5.87. The average Bonchev–Trinajstić information content (AvgIpc) is 2.77. The number of carboxylic acid groups (broad SMARTS) is 1. The number of nitrogens with one attached hydrogen (secondary N) is 1. The normalized spacial score (nSPS) is 12.8. The van der Waals surface area contributed by atoms with E-state index >= 15 is 0 Å². The van der Waals surface area contributed by atoms with E-state index in [9.17, 15) is 4.79 Å². The van der Waals surface area contributed by atoms with E-state index in [0.717, 1.165) is 11.8 Å². The molecule has 0 saturated carbocycles. The van der Waals surface area contributed by atoms with Gasteiger partial charge in [0, 0.05) is 13.0 Å². The van der Waals surface area contributed by atoms with Gasteiger partial charge in [0.25, 0.3) is 5.71 Å². The highest BCUT2D eigenvalue weighted by Crippen LogP contribution is 2.23. The van der Waals surface area contributed by atoms with E-state index in [4.69, 9.17) is 9.63 Å². The van der Waals surface area contributed by atoms with E-state index in [1.54, 1.807) is 0 Å². The number of aryl methyl sites for hydroxylation is 1. The number of nitrogens with zero attached hydrogens (tertiary/aromatic N) is 3. The maximum atomic E-state index is 10.9. The van der Waals surface area contributed by atoms with Gasteiger partial charge in [0.15, 0.2) is 0 Å². The smallest absolute Gasteiger partial charge is 0.303 e. The number of carbonyl (C=O) groups is 1. The van der Waals surface area contributed by atoms with Gasteiger partial charge in [-0.1, -0.05) is 19.0 Å². The van der Waals surface area contributed by atoms with Crippen LogP contribution in [0.25, 0.3) is 11.1 Å². The van der Waals surface area contributed by atoms with Crippen LogP contribution < -0.4 is 5.32 Å². The minimum Gasteiger partial charge on any atom is -0.481 e. The molecule has 0 fully saturated rings. The summed E-state index contributed by atoms with van der Waals surface area (Å²) in [5.41, 5.74) is 1.15. The van der Waals surface area contributed by atoms with Gasteiger partial charge in [-0.05, 0) is 25.2 Å². The van der Waals surface area contributed by atoms with E-state index in [1.165, 1.54) is 6.33 Å². The van der Waals surface area contributed by atoms with Gasteiger partial charge in [-0.3, -0.25) is 4.79 Å². The van der Waals surface area contributed by atoms with E-state index < -0.39 is 5.97 Å². The lowest BCUT2D eigenvalue weighted by atomic mass is 9.94. The second-order valence-electron chi connectivity index (χ2n) is 5.64. The first kappa shape index (κ1) is 15.2. The first-order valence-electron chi connectivity index (χ1n) is 7.00. The Labute approximate surface area is 122 Å². The number of rotatable bonds is 7. The molecule has 2 aromatic heterocycles. The first-order valence-corrected chi connectivity index (χ1v) is 7.00. The Morgan fingerprint density at radius 1 is 1.43 bits per heavy atom. The molecule has 0 aromatic carbocycles. The summed E-state index contributed by atoms with van der Waals surface area (Å²) in [5, 5.41) is 16.8. The van der Waals surface area contributed by atoms with Crippen LogP contribution in [0.5, 0.6) is 0 Å². The molecule has 0 radical (unpaired) electrons. The maximum Gasteiger partial charge on any atom is 0.303 e. The van der Waals surface area contributed by atoms with Crippen LogP contribution in [0.1, 0.15) is 32.4 Å². The molecule has 7 nitrogen and oxygen atoms in total. The fourth-order valence-corrected chi connectivity index (χ4v) is 2.45. The maximum absolute atomic E-state index is 10.9. The fraction of sp³-hybridized carbons (Fsp3) is 0.571. The van der Waals surface area contributed by atoms with Crippen molar-refractivity contribution in [2.75, 3.05) is 11.9 Å². The molecule has 7 heteroatoms. The molecule has 0 saturated heterocycles. The lowest BCUT2D eigenvalue weighted by Crippen LogP contribution is -2.20. The second kappa shape index (κ2) is 6.51. The van der Waals surface area contributed by atoms with Gasteiger partial charge in [0.2, 0.25) is 0 Å². The zero-order valence-electron chi connectivity index (χ0n) is 12.5. The predicted molar refractivity (Wildman–Crippen MR) is 78.0 cm³/mol. The topological polar surface area (TPSA) is 101 Å². The van der Waals surface area contributed by atoms with Gasteiger partial charge in [-0.25, -0.2) is 4.98 Å². The Morgan fingerprint density at radius 2 is 2.19 bits per heavy atom. The van der Waals surface area contributed by atoms with Crippen molar-refractivity contribution in [1.29, 1.82) is 0 Å². The Morgan fingerprint density at radius 3 is 2.86 bits per heavy atom. The number of aliphatic carboxylic acids is 1. The molecule has 0 bridgehead atoms. The van der Waals surface area contributed by atoms with Crippen molar-refractivity contribution < 1.29 is 14.4 Å². The Hall–Kier alpha value is -2.18. The van der Waals surface area contributed by atoms with Crippen LogP contribution in [0.3, 0.4) is 0 Å². The second-order valence-corrected chi connectivity index (χ2v) is 5.64. The number of anilines is 1. The molecule has 21 heavy (non-hydrogen) atoms. The summed E-state index contributed by atoms with van der Waals surface area (Å²) < 4.78 is 5.09. The number of carboxylic acids is 1. The number of hydrogen-bond acceptors (Lipinski definition) is 6. The summed E-state index contributed by atoms with van der Waals surface area (Å²) >= 11 is 0. The molecule has 1 atom stereocenters. The number of aromatic nitrogens is 3. The monoisotopic (exact) mass is 292 g/mol. The van der Waals surface area contributed by atoms with E-state index in [1.807, 2.05) is 6.92 Å². The standard InChI is InChI=1S/C14H20N4O3/c1-8(2)4-10(5-11(19)20)6-15-13-12-9(3)18-21-14(12)17-7-16-13/h7-8,10H,4-6H2,1-3H3,(H,19,20)(H,15,16,17). The van der Waals surface area contributed by atoms with Crippen molar-refractivity contribution in [2.45, 2.75) is 33.6 Å². The van der Waals surface area contributed by atoms with Gasteiger partial charge in [0.1, 0.15) is 17.5 Å². The summed E-state index contributed by atoms with van der Waals surface area (Å²) in [6.07, 6.45) is 2.39. The van der Waals surface area contributed by atoms with Crippen LogP contribution in [0.15, 0.2) is 10.9 Å². The lowest BCUT2D eigenvalue weighted by molar-refractivity contribution is -0.138. The van der Waals surface area contributed by atoms with Crippen molar-refractivity contribution in [3.8, 4) is 0 Å². The summed E-state index contributed by atoms with van der Waals surface area (Å²) in [6, 6.07) is 0. The van der Waals surface area contributed by atoms with Crippen molar-refractivity contribution in [2.24, 2.45) is 11.8 Å².